The van der Waals surface area contributed by atoms with E-state index in [1.807, 2.05) is 13.8 Å². The van der Waals surface area contributed by atoms with Gasteiger partial charge < -0.3 is 9.80 Å². The van der Waals surface area contributed by atoms with Crippen LogP contribution in [0.5, 0.6) is 0 Å². The molecule has 2 aromatic carbocycles. The number of allylic oxidation sites excluding steroid dienone is 1. The molecule has 0 spiro atoms. The van der Waals surface area contributed by atoms with Gasteiger partial charge in [0, 0.05) is 24.5 Å². The van der Waals surface area contributed by atoms with Crippen LogP contribution in [0.1, 0.15) is 56.4 Å². The third-order valence-electron chi connectivity index (χ3n) is 6.02. The molecule has 0 unspecified atom stereocenters. The standard InChI is InChI=1S/C15H16F6N2.C15H14F6N2/c2*1-10(2)5-6-23(9-14(16,17)18)12-4-3-11(8-22)13(7-12)15(19,20)21/h3-4,7,10H,5-6,9H2,1-2H3;3-5,7H,6,9H2,1-2H3. The molecule has 0 bridgehead atoms. The molecule has 0 amide bonds. The summed E-state index contributed by atoms with van der Waals surface area (Å²) >= 11 is 0. The first-order chi connectivity index (χ1) is 20.9. The predicted octanol–water partition coefficient (Wildman–Crippen LogP) is 9.90. The van der Waals surface area contributed by atoms with Crippen molar-refractivity contribution in [2.75, 3.05) is 36.0 Å². The summed E-state index contributed by atoms with van der Waals surface area (Å²) in [5.41, 5.74) is -3.43. The Morgan fingerprint density at radius 2 is 1.09 bits per heavy atom. The van der Waals surface area contributed by atoms with Crippen molar-refractivity contribution in [3.8, 4) is 12.1 Å². The Morgan fingerprint density at radius 1 is 0.696 bits per heavy atom. The van der Waals surface area contributed by atoms with Gasteiger partial charge in [-0.2, -0.15) is 63.2 Å². The molecule has 0 saturated heterocycles. The monoisotopic (exact) mass is 674 g/mol. The molecule has 0 saturated carbocycles. The van der Waals surface area contributed by atoms with Crippen molar-refractivity contribution in [2.24, 2.45) is 5.92 Å². The predicted molar refractivity (Wildman–Crippen MR) is 148 cm³/mol. The van der Waals surface area contributed by atoms with E-state index >= 15 is 0 Å². The number of rotatable bonds is 9. The van der Waals surface area contributed by atoms with Gasteiger partial charge in [-0.15, -0.1) is 0 Å². The van der Waals surface area contributed by atoms with Crippen molar-refractivity contribution in [2.45, 2.75) is 58.8 Å². The fourth-order valence-corrected chi connectivity index (χ4v) is 3.82. The highest BCUT2D eigenvalue weighted by atomic mass is 19.4. The topological polar surface area (TPSA) is 54.1 Å². The summed E-state index contributed by atoms with van der Waals surface area (Å²) in [5, 5.41) is 17.5. The molecule has 0 aliphatic carbocycles. The van der Waals surface area contributed by atoms with Gasteiger partial charge in [0.25, 0.3) is 0 Å². The first-order valence-electron chi connectivity index (χ1n) is 13.4. The van der Waals surface area contributed by atoms with Gasteiger partial charge in [0.1, 0.15) is 13.1 Å². The number of nitriles is 2. The number of anilines is 2. The molecular formula is C30H30F12N4. The summed E-state index contributed by atoms with van der Waals surface area (Å²) < 4.78 is 154. The Morgan fingerprint density at radius 3 is 1.41 bits per heavy atom. The van der Waals surface area contributed by atoms with Crippen LogP contribution in [0.3, 0.4) is 0 Å². The Bertz CT molecular complexity index is 1400. The molecule has 2 aromatic rings. The van der Waals surface area contributed by atoms with E-state index in [-0.39, 0.29) is 30.4 Å². The summed E-state index contributed by atoms with van der Waals surface area (Å²) in [7, 11) is 0. The lowest BCUT2D eigenvalue weighted by molar-refractivity contribution is -0.138. The van der Waals surface area contributed by atoms with Gasteiger partial charge in [-0.3, -0.25) is 0 Å². The summed E-state index contributed by atoms with van der Waals surface area (Å²) in [5.74, 6) is 0.103. The molecule has 0 atom stereocenters. The van der Waals surface area contributed by atoms with Crippen LogP contribution in [-0.2, 0) is 12.4 Å². The van der Waals surface area contributed by atoms with E-state index in [9.17, 15) is 52.7 Å². The maximum Gasteiger partial charge on any atom is 0.417 e. The van der Waals surface area contributed by atoms with Crippen LogP contribution >= 0.6 is 0 Å². The van der Waals surface area contributed by atoms with Crippen LogP contribution in [0.15, 0.2) is 48.0 Å². The van der Waals surface area contributed by atoms with Gasteiger partial charge in [-0.05, 0) is 62.6 Å². The number of nitrogens with zero attached hydrogens (tertiary/aromatic N) is 4. The normalized spacial score (nSPS) is 12.1. The Kier molecular flexibility index (Phi) is 13.9. The van der Waals surface area contributed by atoms with Crippen LogP contribution < -0.4 is 9.80 Å². The number of halogens is 12. The number of hydrogen-bond donors (Lipinski definition) is 0. The Balaban J connectivity index is 0.000000460. The first-order valence-corrected chi connectivity index (χ1v) is 13.4. The van der Waals surface area contributed by atoms with E-state index in [0.29, 0.717) is 18.6 Å². The van der Waals surface area contributed by atoms with Gasteiger partial charge in [0.05, 0.1) is 34.4 Å². The van der Waals surface area contributed by atoms with Crippen LogP contribution in [0.25, 0.3) is 0 Å². The highest BCUT2D eigenvalue weighted by Crippen LogP contribution is 2.36. The van der Waals surface area contributed by atoms with E-state index < -0.39 is 60.0 Å². The van der Waals surface area contributed by atoms with Gasteiger partial charge in [0.15, 0.2) is 0 Å². The molecule has 0 fully saturated rings. The maximum atomic E-state index is 12.9. The van der Waals surface area contributed by atoms with E-state index in [0.717, 1.165) is 39.6 Å². The second-order valence-corrected chi connectivity index (χ2v) is 10.7. The van der Waals surface area contributed by atoms with Gasteiger partial charge >= 0.3 is 24.7 Å². The van der Waals surface area contributed by atoms with Crippen molar-refractivity contribution in [3.63, 3.8) is 0 Å². The van der Waals surface area contributed by atoms with Crippen molar-refractivity contribution in [1.29, 1.82) is 10.5 Å². The summed E-state index contributed by atoms with van der Waals surface area (Å²) in [6.07, 6.45) is -16.8. The minimum Gasteiger partial charge on any atom is -0.363 e. The summed E-state index contributed by atoms with van der Waals surface area (Å²) in [4.78, 5) is 1.64. The number of hydrogen-bond acceptors (Lipinski definition) is 4. The smallest absolute Gasteiger partial charge is 0.363 e. The van der Waals surface area contributed by atoms with E-state index in [1.54, 1.807) is 13.8 Å². The summed E-state index contributed by atoms with van der Waals surface area (Å²) in [6.45, 7) is 4.02. The minimum atomic E-state index is -4.82. The van der Waals surface area contributed by atoms with E-state index in [4.69, 9.17) is 10.5 Å². The third-order valence-corrected chi connectivity index (χ3v) is 6.02. The summed E-state index contributed by atoms with van der Waals surface area (Å²) in [6, 6.07) is 7.95. The molecule has 0 heterocycles. The Labute approximate surface area is 258 Å². The quantitative estimate of drug-likeness (QED) is 0.196. The van der Waals surface area contributed by atoms with Crippen molar-refractivity contribution in [3.05, 3.63) is 70.3 Å². The molecule has 2 rings (SSSR count). The molecule has 0 radical (unpaired) electrons. The van der Waals surface area contributed by atoms with Gasteiger partial charge in [0.2, 0.25) is 0 Å². The Hall–Kier alpha value is -4.08. The maximum absolute atomic E-state index is 12.9. The highest BCUT2D eigenvalue weighted by Gasteiger charge is 2.37. The van der Waals surface area contributed by atoms with Crippen molar-refractivity contribution in [1.82, 2.24) is 0 Å². The third kappa shape index (κ3) is 13.9. The zero-order valence-corrected chi connectivity index (χ0v) is 25.0. The van der Waals surface area contributed by atoms with Crippen LogP contribution in [0.2, 0.25) is 0 Å². The molecule has 16 heteroatoms. The average Bonchev–Trinajstić information content (AvgIpc) is 2.90. The lowest BCUT2D eigenvalue weighted by atomic mass is 10.1. The van der Waals surface area contributed by atoms with E-state index in [2.05, 4.69) is 0 Å². The van der Waals surface area contributed by atoms with Gasteiger partial charge in [-0.25, -0.2) is 0 Å². The molecule has 0 N–H and O–H groups in total. The molecule has 0 aromatic heterocycles. The number of alkyl halides is 12. The lowest BCUT2D eigenvalue weighted by Gasteiger charge is -2.27. The fraction of sp³-hybridized carbons (Fsp3) is 0.467. The second kappa shape index (κ2) is 16.0. The molecule has 254 valence electrons. The van der Waals surface area contributed by atoms with Crippen LogP contribution in [0.4, 0.5) is 64.1 Å². The van der Waals surface area contributed by atoms with Crippen molar-refractivity contribution >= 4 is 11.4 Å². The molecule has 0 aliphatic heterocycles. The largest absolute Gasteiger partial charge is 0.417 e. The number of benzene rings is 2. The average molecular weight is 675 g/mol. The first kappa shape index (κ1) is 39.9. The minimum absolute atomic E-state index is 0.0274. The second-order valence-electron chi connectivity index (χ2n) is 10.7. The van der Waals surface area contributed by atoms with Crippen LogP contribution in [0, 0.1) is 28.6 Å². The fourth-order valence-electron chi connectivity index (χ4n) is 3.82. The molecule has 4 nitrogen and oxygen atoms in total. The molecular weight excluding hydrogens is 644 g/mol. The van der Waals surface area contributed by atoms with Crippen molar-refractivity contribution < 1.29 is 52.7 Å². The molecule has 0 aliphatic rings. The highest BCUT2D eigenvalue weighted by molar-refractivity contribution is 5.56. The van der Waals surface area contributed by atoms with E-state index in [1.165, 1.54) is 18.2 Å². The van der Waals surface area contributed by atoms with Gasteiger partial charge in [-0.1, -0.05) is 25.5 Å². The zero-order chi connectivity index (χ0) is 35.7. The zero-order valence-electron chi connectivity index (χ0n) is 25.0. The lowest BCUT2D eigenvalue weighted by Crippen LogP contribution is -2.35. The SMILES string of the molecule is CC(C)=CCN(CC(F)(F)F)c1ccc(C#N)c(C(F)(F)F)c1.CC(C)CCN(CC(F)(F)F)c1ccc(C#N)c(C(F)(F)F)c1. The van der Waals surface area contributed by atoms with Crippen LogP contribution in [-0.4, -0.2) is 38.5 Å². The molecule has 46 heavy (non-hydrogen) atoms.